The first-order chi connectivity index (χ1) is 11.6. The van der Waals surface area contributed by atoms with Crippen molar-refractivity contribution < 1.29 is 15.0 Å². The Labute approximate surface area is 139 Å². The predicted octanol–water partition coefficient (Wildman–Crippen LogP) is 3.95. The molecule has 0 bridgehead atoms. The van der Waals surface area contributed by atoms with Gasteiger partial charge in [-0.2, -0.15) is 0 Å². The van der Waals surface area contributed by atoms with Gasteiger partial charge in [0, 0.05) is 22.9 Å². The van der Waals surface area contributed by atoms with Crippen molar-refractivity contribution in [3.05, 3.63) is 65.4 Å². The molecule has 3 aromatic rings. The van der Waals surface area contributed by atoms with E-state index in [1.165, 1.54) is 0 Å². The Morgan fingerprint density at radius 1 is 1.12 bits per heavy atom. The molecule has 1 heterocycles. The van der Waals surface area contributed by atoms with Crippen molar-refractivity contribution in [2.75, 3.05) is 0 Å². The topological polar surface area (TPSA) is 73.3 Å². The van der Waals surface area contributed by atoms with E-state index in [0.717, 1.165) is 41.3 Å². The van der Waals surface area contributed by atoms with E-state index in [2.05, 4.69) is 16.8 Å². The Morgan fingerprint density at radius 3 is 2.79 bits per heavy atom. The molecule has 3 rings (SSSR count). The Kier molecular flexibility index (Phi) is 4.53. The molecule has 0 amide bonds. The summed E-state index contributed by atoms with van der Waals surface area (Å²) in [6.07, 6.45) is 2.56. The first kappa shape index (κ1) is 15.7. The summed E-state index contributed by atoms with van der Waals surface area (Å²) in [5.41, 5.74) is 2.95. The van der Waals surface area contributed by atoms with Gasteiger partial charge in [-0.1, -0.05) is 24.0 Å². The number of phenols is 1. The number of benzene rings is 2. The van der Waals surface area contributed by atoms with Crippen LogP contribution < -0.4 is 0 Å². The minimum absolute atomic E-state index is 0.182. The third kappa shape index (κ3) is 3.76. The number of unbranched alkanes of at least 4 members (excludes halogenated alkanes) is 1. The number of fused-ring (bicyclic) bond motifs is 1. The van der Waals surface area contributed by atoms with Crippen LogP contribution in [0.3, 0.4) is 0 Å². The Balaban J connectivity index is 1.61. The van der Waals surface area contributed by atoms with E-state index in [1.54, 1.807) is 18.2 Å². The van der Waals surface area contributed by atoms with Crippen LogP contribution in [0.5, 0.6) is 5.75 Å². The number of aromatic carboxylic acids is 1. The van der Waals surface area contributed by atoms with Gasteiger partial charge in [-0.05, 0) is 54.8 Å². The van der Waals surface area contributed by atoms with Crippen LogP contribution in [-0.2, 0) is 6.42 Å². The maximum absolute atomic E-state index is 11.0. The van der Waals surface area contributed by atoms with Gasteiger partial charge >= 0.3 is 5.97 Å². The van der Waals surface area contributed by atoms with Crippen LogP contribution >= 0.6 is 0 Å². The van der Waals surface area contributed by atoms with Crippen LogP contribution in [0.2, 0.25) is 0 Å². The summed E-state index contributed by atoms with van der Waals surface area (Å²) < 4.78 is 0. The van der Waals surface area contributed by atoms with Crippen molar-refractivity contribution >= 4 is 16.9 Å². The molecule has 0 unspecified atom stereocenters. The number of H-pyrrole nitrogens is 1. The zero-order chi connectivity index (χ0) is 16.9. The van der Waals surface area contributed by atoms with Gasteiger partial charge in [-0.3, -0.25) is 0 Å². The smallest absolute Gasteiger partial charge is 0.352 e. The lowest BCUT2D eigenvalue weighted by atomic mass is 10.1. The fourth-order valence-corrected chi connectivity index (χ4v) is 2.58. The van der Waals surface area contributed by atoms with E-state index in [0.29, 0.717) is 5.75 Å². The number of aromatic hydroxyl groups is 1. The van der Waals surface area contributed by atoms with E-state index in [9.17, 15) is 9.90 Å². The van der Waals surface area contributed by atoms with Crippen LogP contribution in [0, 0.1) is 11.8 Å². The lowest BCUT2D eigenvalue weighted by Gasteiger charge is -1.99. The number of nitrogens with one attached hydrogen (secondary N) is 1. The first-order valence-electron chi connectivity index (χ1n) is 7.75. The van der Waals surface area contributed by atoms with E-state index in [4.69, 9.17) is 5.11 Å². The van der Waals surface area contributed by atoms with Crippen molar-refractivity contribution in [1.82, 2.24) is 4.98 Å². The zero-order valence-corrected chi connectivity index (χ0v) is 13.0. The van der Waals surface area contributed by atoms with Crippen molar-refractivity contribution in [1.29, 1.82) is 0 Å². The molecule has 0 fully saturated rings. The second-order valence-electron chi connectivity index (χ2n) is 5.62. The number of aromatic nitrogens is 1. The molecule has 2 aromatic carbocycles. The maximum Gasteiger partial charge on any atom is 0.352 e. The van der Waals surface area contributed by atoms with Gasteiger partial charge in [-0.15, -0.1) is 0 Å². The van der Waals surface area contributed by atoms with Gasteiger partial charge in [-0.25, -0.2) is 4.79 Å². The van der Waals surface area contributed by atoms with Gasteiger partial charge in [0.1, 0.15) is 11.4 Å². The lowest BCUT2D eigenvalue weighted by Crippen LogP contribution is -1.94. The molecule has 0 spiro atoms. The van der Waals surface area contributed by atoms with Gasteiger partial charge in [0.25, 0.3) is 0 Å². The fraction of sp³-hybridized carbons (Fsp3) is 0.150. The molecule has 0 aliphatic heterocycles. The monoisotopic (exact) mass is 319 g/mol. The number of carboxylic acids is 1. The summed E-state index contributed by atoms with van der Waals surface area (Å²) in [5, 5.41) is 19.3. The van der Waals surface area contributed by atoms with Crippen molar-refractivity contribution in [2.24, 2.45) is 0 Å². The highest BCUT2D eigenvalue weighted by atomic mass is 16.4. The molecule has 0 saturated carbocycles. The summed E-state index contributed by atoms with van der Waals surface area (Å²) in [6, 6.07) is 14.5. The highest BCUT2D eigenvalue weighted by Gasteiger charge is 2.06. The molecule has 0 saturated heterocycles. The highest BCUT2D eigenvalue weighted by Crippen LogP contribution is 2.17. The summed E-state index contributed by atoms with van der Waals surface area (Å²) in [4.78, 5) is 13.8. The summed E-state index contributed by atoms with van der Waals surface area (Å²) in [6.45, 7) is 0. The van der Waals surface area contributed by atoms with Gasteiger partial charge in [0.05, 0.1) is 0 Å². The van der Waals surface area contributed by atoms with Gasteiger partial charge in [0.2, 0.25) is 0 Å². The average Bonchev–Trinajstić information content (AvgIpc) is 2.98. The molecule has 3 N–H and O–H groups in total. The van der Waals surface area contributed by atoms with Crippen LogP contribution in [0.25, 0.3) is 10.9 Å². The molecule has 0 aliphatic rings. The Bertz CT molecular complexity index is 944. The number of aromatic amines is 1. The van der Waals surface area contributed by atoms with Crippen molar-refractivity contribution in [3.8, 4) is 17.6 Å². The van der Waals surface area contributed by atoms with Crippen LogP contribution in [0.4, 0.5) is 0 Å². The summed E-state index contributed by atoms with van der Waals surface area (Å²) in [7, 11) is 0. The second-order valence-corrected chi connectivity index (χ2v) is 5.62. The lowest BCUT2D eigenvalue weighted by molar-refractivity contribution is 0.0691. The first-order valence-corrected chi connectivity index (χ1v) is 7.75. The zero-order valence-electron chi connectivity index (χ0n) is 13.0. The molecule has 24 heavy (non-hydrogen) atoms. The number of phenolic OH excluding ortho intramolecular Hbond substituents is 1. The van der Waals surface area contributed by atoms with E-state index in [-0.39, 0.29) is 5.69 Å². The van der Waals surface area contributed by atoms with E-state index in [1.807, 2.05) is 30.3 Å². The number of rotatable bonds is 4. The summed E-state index contributed by atoms with van der Waals surface area (Å²) in [5.74, 6) is 5.58. The van der Waals surface area contributed by atoms with E-state index >= 15 is 0 Å². The number of carboxylic acid groups (broad SMARTS) is 1. The van der Waals surface area contributed by atoms with Gasteiger partial charge < -0.3 is 15.2 Å². The number of aryl methyl sites for hydroxylation is 1. The minimum Gasteiger partial charge on any atom is -0.508 e. The van der Waals surface area contributed by atoms with Crippen LogP contribution in [0.1, 0.15) is 34.5 Å². The summed E-state index contributed by atoms with van der Waals surface area (Å²) >= 11 is 0. The molecular formula is C20H17NO3. The molecule has 0 atom stereocenters. The van der Waals surface area contributed by atoms with Crippen molar-refractivity contribution in [3.63, 3.8) is 0 Å². The quantitative estimate of drug-likeness (QED) is 0.503. The number of carbonyl (C=O) groups is 1. The SMILES string of the molecule is O=C(O)c1cc2cc(C#CCCCc3cccc(O)c3)ccc2[nH]1. The second kappa shape index (κ2) is 6.93. The molecule has 1 aromatic heterocycles. The number of hydrogen-bond donors (Lipinski definition) is 3. The van der Waals surface area contributed by atoms with Crippen LogP contribution in [0.15, 0.2) is 48.5 Å². The molecule has 4 nitrogen and oxygen atoms in total. The standard InChI is InChI=1S/C20H17NO3/c22-17-8-4-7-14(12-17)5-2-1-3-6-15-9-10-18-16(11-15)13-19(21-18)20(23)24/h4,7-13,21-22H,1-2,5H2,(H,23,24). The normalized spacial score (nSPS) is 10.3. The van der Waals surface area contributed by atoms with E-state index < -0.39 is 5.97 Å². The Hall–Kier alpha value is -3.19. The fourth-order valence-electron chi connectivity index (χ4n) is 2.58. The van der Waals surface area contributed by atoms with Gasteiger partial charge in [0.15, 0.2) is 0 Å². The Morgan fingerprint density at radius 2 is 2.00 bits per heavy atom. The third-order valence-electron chi connectivity index (χ3n) is 3.76. The maximum atomic E-state index is 11.0. The molecule has 4 heteroatoms. The molecular weight excluding hydrogens is 302 g/mol. The minimum atomic E-state index is -0.967. The molecule has 0 radical (unpaired) electrons. The average molecular weight is 319 g/mol. The highest BCUT2D eigenvalue weighted by molar-refractivity contribution is 5.94. The largest absolute Gasteiger partial charge is 0.508 e. The van der Waals surface area contributed by atoms with Crippen molar-refractivity contribution in [2.45, 2.75) is 19.3 Å². The van der Waals surface area contributed by atoms with Crippen LogP contribution in [-0.4, -0.2) is 21.2 Å². The predicted molar refractivity (Wildman–Crippen MR) is 93.2 cm³/mol. The third-order valence-corrected chi connectivity index (χ3v) is 3.76. The number of hydrogen-bond acceptors (Lipinski definition) is 2. The molecule has 120 valence electrons. The molecule has 0 aliphatic carbocycles.